The molecule has 4 rings (SSSR count). The topological polar surface area (TPSA) is 3.24 Å². The maximum Gasteiger partial charge on any atom is 0.0903 e. The van der Waals surface area contributed by atoms with E-state index in [0.717, 1.165) is 22.6 Å². The molecule has 2 aliphatic heterocycles. The van der Waals surface area contributed by atoms with Gasteiger partial charge in [-0.3, -0.25) is 0 Å². The third-order valence-corrected chi connectivity index (χ3v) is 18.7. The van der Waals surface area contributed by atoms with E-state index in [-0.39, 0.29) is 8.07 Å². The Balaban J connectivity index is 1.81. The van der Waals surface area contributed by atoms with Crippen LogP contribution in [0.3, 0.4) is 0 Å². The van der Waals surface area contributed by atoms with Crippen molar-refractivity contribution in [2.75, 3.05) is 13.2 Å². The molecule has 0 unspecified atom stereocenters. The Kier molecular flexibility index (Phi) is 8.48. The quantitative estimate of drug-likeness (QED) is 0.331. The average Bonchev–Trinajstić information content (AvgIpc) is 3.42. The van der Waals surface area contributed by atoms with Gasteiger partial charge in [0.15, 0.2) is 0 Å². The van der Waals surface area contributed by atoms with Crippen molar-refractivity contribution in [1.29, 1.82) is 0 Å². The van der Waals surface area contributed by atoms with Gasteiger partial charge in [-0.05, 0) is 56.1 Å². The minimum absolute atomic E-state index is 0.241. The van der Waals surface area contributed by atoms with E-state index in [1.54, 1.807) is 11.1 Å². The smallest absolute Gasteiger partial charge is 0.0903 e. The maximum atomic E-state index is 3.27. The van der Waals surface area contributed by atoms with Gasteiger partial charge in [0, 0.05) is 25.9 Å². The Morgan fingerprint density at radius 1 is 0.750 bits per heavy atom. The van der Waals surface area contributed by atoms with E-state index in [2.05, 4.69) is 92.5 Å². The molecule has 2 fully saturated rings. The van der Waals surface area contributed by atoms with Gasteiger partial charge in [0.2, 0.25) is 0 Å². The zero-order chi connectivity index (χ0) is 22.6. The molecule has 2 aliphatic rings. The largest absolute Gasteiger partial charge is 0.159 e. The Labute approximate surface area is 199 Å². The van der Waals surface area contributed by atoms with Crippen LogP contribution in [0.4, 0.5) is 0 Å². The first-order chi connectivity index (χ1) is 15.6. The second kappa shape index (κ2) is 11.1. The zero-order valence-electron chi connectivity index (χ0n) is 20.8. The van der Waals surface area contributed by atoms with Crippen molar-refractivity contribution in [3.05, 3.63) is 71.8 Å². The average molecular weight is 469 g/mol. The van der Waals surface area contributed by atoms with Crippen molar-refractivity contribution >= 4 is 15.5 Å². The highest BCUT2D eigenvalue weighted by atomic mass is 31.2. The molecule has 0 amide bonds. The van der Waals surface area contributed by atoms with Gasteiger partial charge in [0.1, 0.15) is 0 Å². The lowest BCUT2D eigenvalue weighted by molar-refractivity contribution is 0.603. The van der Waals surface area contributed by atoms with Crippen LogP contribution >= 0.6 is 15.5 Å². The van der Waals surface area contributed by atoms with Gasteiger partial charge in [-0.25, -0.2) is 0 Å². The summed E-state index contributed by atoms with van der Waals surface area (Å²) in [6, 6.07) is 23.2. The summed E-state index contributed by atoms with van der Waals surface area (Å²) in [7, 11) is -1.42. The number of rotatable bonds is 9. The molecule has 4 atom stereocenters. The van der Waals surface area contributed by atoms with Crippen LogP contribution in [0.1, 0.15) is 94.6 Å². The van der Waals surface area contributed by atoms with Gasteiger partial charge in [-0.15, -0.1) is 0 Å². The molecule has 0 aromatic heterocycles. The van der Waals surface area contributed by atoms with Crippen LogP contribution in [-0.2, 0) is 0 Å². The van der Waals surface area contributed by atoms with Crippen molar-refractivity contribution in [3.8, 4) is 0 Å². The van der Waals surface area contributed by atoms with Crippen LogP contribution in [0.15, 0.2) is 60.7 Å². The lowest BCUT2D eigenvalue weighted by Gasteiger charge is -2.46. The predicted molar refractivity (Wildman–Crippen MR) is 146 cm³/mol. The van der Waals surface area contributed by atoms with E-state index in [1.165, 1.54) is 57.9 Å². The Morgan fingerprint density at radius 2 is 1.22 bits per heavy atom. The lowest BCUT2D eigenvalue weighted by Crippen LogP contribution is -2.31. The van der Waals surface area contributed by atoms with Gasteiger partial charge >= 0.3 is 0 Å². The first kappa shape index (κ1) is 24.4. The van der Waals surface area contributed by atoms with Crippen LogP contribution in [0.5, 0.6) is 0 Å². The first-order valence-corrected chi connectivity index (χ1v) is 16.9. The van der Waals surface area contributed by atoms with Crippen LogP contribution < -0.4 is 0 Å². The van der Waals surface area contributed by atoms with Gasteiger partial charge in [-0.2, -0.15) is 4.44 Å². The SMILES string of the molecule is CCCCN(P1[C@H](c2ccccc2)CC[C@H]1c1ccccc1)[P+]1(C)[C@H](CC)CC[C@H]1CC. The van der Waals surface area contributed by atoms with Crippen molar-refractivity contribution in [2.45, 2.75) is 94.8 Å². The monoisotopic (exact) mass is 468 g/mol. The van der Waals surface area contributed by atoms with E-state index >= 15 is 0 Å². The van der Waals surface area contributed by atoms with Crippen molar-refractivity contribution in [1.82, 2.24) is 4.44 Å². The van der Waals surface area contributed by atoms with Gasteiger partial charge in [0.05, 0.1) is 25.4 Å². The Morgan fingerprint density at radius 3 is 1.62 bits per heavy atom. The Bertz CT molecular complexity index is 764. The highest BCUT2D eigenvalue weighted by Crippen LogP contribution is 2.86. The van der Waals surface area contributed by atoms with Gasteiger partial charge < -0.3 is 0 Å². The fourth-order valence-corrected chi connectivity index (χ4v) is 18.1. The van der Waals surface area contributed by atoms with Crippen LogP contribution in [-0.4, -0.2) is 29.0 Å². The van der Waals surface area contributed by atoms with Crippen LogP contribution in [0, 0.1) is 0 Å². The molecule has 0 aliphatic carbocycles. The highest BCUT2D eigenvalue weighted by Gasteiger charge is 2.60. The first-order valence-electron chi connectivity index (χ1n) is 13.2. The predicted octanol–water partition coefficient (Wildman–Crippen LogP) is 9.68. The molecule has 2 heterocycles. The summed E-state index contributed by atoms with van der Waals surface area (Å²) >= 11 is 0. The fourth-order valence-electron chi connectivity index (χ4n) is 6.69. The van der Waals surface area contributed by atoms with Crippen molar-refractivity contribution in [2.24, 2.45) is 0 Å². The summed E-state index contributed by atoms with van der Waals surface area (Å²) in [6.07, 6.45) is 11.0. The van der Waals surface area contributed by atoms with Gasteiger partial charge in [0.25, 0.3) is 0 Å². The van der Waals surface area contributed by atoms with Gasteiger partial charge in [-0.1, -0.05) is 87.9 Å². The van der Waals surface area contributed by atoms with Crippen LogP contribution in [0.25, 0.3) is 0 Å². The molecular weight excluding hydrogens is 424 g/mol. The molecule has 0 radical (unpaired) electrons. The summed E-state index contributed by atoms with van der Waals surface area (Å²) in [5.74, 6) is 0. The van der Waals surface area contributed by atoms with E-state index in [9.17, 15) is 0 Å². The number of nitrogens with zero attached hydrogens (tertiary/aromatic N) is 1. The molecule has 2 aromatic rings. The minimum atomic E-state index is -1.18. The fraction of sp³-hybridized carbons (Fsp3) is 0.586. The van der Waals surface area contributed by atoms with Crippen molar-refractivity contribution in [3.63, 3.8) is 0 Å². The summed E-state index contributed by atoms with van der Waals surface area (Å²) < 4.78 is 3.27. The lowest BCUT2D eigenvalue weighted by atomic mass is 10.0. The number of hydrogen-bond donors (Lipinski definition) is 0. The van der Waals surface area contributed by atoms with Crippen LogP contribution in [0.2, 0.25) is 0 Å². The van der Waals surface area contributed by atoms with E-state index in [0.29, 0.717) is 0 Å². The maximum absolute atomic E-state index is 3.27. The van der Waals surface area contributed by atoms with E-state index in [4.69, 9.17) is 0 Å². The van der Waals surface area contributed by atoms with Crippen molar-refractivity contribution < 1.29 is 0 Å². The second-order valence-electron chi connectivity index (χ2n) is 10.1. The second-order valence-corrected chi connectivity index (χ2v) is 17.0. The molecule has 174 valence electrons. The standard InChI is InChI=1S/C29H44NP2/c1-5-8-23-30(32(4)26(6-2)19-20-27(32)7-3)31-28(24-15-11-9-12-16-24)21-22-29(31)25-17-13-10-14-18-25/h9-18,26-29H,5-8,19-23H2,1-4H3/q+1/t26-,27-,28+,29+/m1/s1. The molecule has 0 saturated carbocycles. The summed E-state index contributed by atoms with van der Waals surface area (Å²) in [5, 5.41) is 0. The summed E-state index contributed by atoms with van der Waals surface area (Å²) in [5.41, 5.74) is 6.54. The number of unbranched alkanes of at least 4 members (excludes halogenated alkanes) is 1. The summed E-state index contributed by atoms with van der Waals surface area (Å²) in [6.45, 7) is 11.5. The Hall–Kier alpha value is -0.740. The van der Waals surface area contributed by atoms with E-state index < -0.39 is 7.41 Å². The number of benzene rings is 2. The molecule has 2 saturated heterocycles. The molecule has 1 nitrogen and oxygen atoms in total. The third kappa shape index (κ3) is 4.60. The molecule has 3 heteroatoms. The molecular formula is C29H44NP2+. The minimum Gasteiger partial charge on any atom is -0.159 e. The normalized spacial score (nSPS) is 27.9. The number of hydrogen-bond acceptors (Lipinski definition) is 1. The highest BCUT2D eigenvalue weighted by molar-refractivity contribution is 7.82. The molecule has 0 bridgehead atoms. The molecule has 0 spiro atoms. The molecule has 0 N–H and O–H groups in total. The van der Waals surface area contributed by atoms with E-state index in [1.807, 2.05) is 0 Å². The zero-order valence-corrected chi connectivity index (χ0v) is 22.6. The molecule has 32 heavy (non-hydrogen) atoms. The molecule has 2 aromatic carbocycles. The summed E-state index contributed by atoms with van der Waals surface area (Å²) in [4.78, 5) is 0. The third-order valence-electron chi connectivity index (χ3n) is 8.45.